The highest BCUT2D eigenvalue weighted by atomic mass is 19.4. The maximum absolute atomic E-state index is 13.0. The summed E-state index contributed by atoms with van der Waals surface area (Å²) in [4.78, 5) is 24.9. The maximum atomic E-state index is 13.0. The Bertz CT molecular complexity index is 869. The molecule has 0 saturated carbocycles. The average Bonchev–Trinajstić information content (AvgIpc) is 2.62. The van der Waals surface area contributed by atoms with Gasteiger partial charge in [0.1, 0.15) is 30.6 Å². The molecule has 1 heterocycles. The lowest BCUT2D eigenvalue weighted by molar-refractivity contribution is -0.136. The molecule has 8 nitrogen and oxygen atoms in total. The second-order valence-corrected chi connectivity index (χ2v) is 5.84. The molecule has 11 heteroatoms. The molecule has 0 bridgehead atoms. The third-order valence-corrected chi connectivity index (χ3v) is 3.93. The van der Waals surface area contributed by atoms with E-state index in [4.69, 9.17) is 5.11 Å². The van der Waals surface area contributed by atoms with Crippen LogP contribution in [0.2, 0.25) is 0 Å². The van der Waals surface area contributed by atoms with Gasteiger partial charge in [0.25, 0.3) is 0 Å². The molecule has 0 fully saturated rings. The van der Waals surface area contributed by atoms with E-state index in [-0.39, 0.29) is 22.9 Å². The number of rotatable bonds is 7. The van der Waals surface area contributed by atoms with E-state index in [9.17, 15) is 38.1 Å². The van der Waals surface area contributed by atoms with Gasteiger partial charge in [0, 0.05) is 17.1 Å². The Morgan fingerprint density at radius 3 is 2.37 bits per heavy atom. The minimum absolute atomic E-state index is 0.0688. The molecular formula is C16H17F3N2O6. The number of carbonyl (C=O) groups is 1. The highest BCUT2D eigenvalue weighted by Crippen LogP contribution is 2.34. The molecule has 0 aliphatic rings. The van der Waals surface area contributed by atoms with Crippen molar-refractivity contribution >= 4 is 22.9 Å². The number of hydrogen-bond acceptors (Lipinski definition) is 7. The monoisotopic (exact) mass is 390 g/mol. The first-order valence-corrected chi connectivity index (χ1v) is 7.69. The van der Waals surface area contributed by atoms with Crippen LogP contribution >= 0.6 is 0 Å². The lowest BCUT2D eigenvalue weighted by Crippen LogP contribution is -2.49. The molecule has 0 aliphatic carbocycles. The number of H-pyrrole nitrogens is 1. The summed E-state index contributed by atoms with van der Waals surface area (Å²) in [6, 6.07) is 2.37. The minimum Gasteiger partial charge on any atom is -0.394 e. The Hall–Kier alpha value is -2.47. The van der Waals surface area contributed by atoms with Gasteiger partial charge in [0.05, 0.1) is 17.7 Å². The second kappa shape index (κ2) is 8.05. The van der Waals surface area contributed by atoms with Crippen molar-refractivity contribution in [1.82, 2.24) is 4.98 Å². The fourth-order valence-corrected chi connectivity index (χ4v) is 2.52. The van der Waals surface area contributed by atoms with Crippen molar-refractivity contribution in [2.45, 2.75) is 30.5 Å². The van der Waals surface area contributed by atoms with Crippen LogP contribution in [0.4, 0.5) is 18.9 Å². The summed E-state index contributed by atoms with van der Waals surface area (Å²) < 4.78 is 39.1. The Labute approximate surface area is 149 Å². The number of aldehydes is 1. The zero-order valence-electron chi connectivity index (χ0n) is 13.6. The Morgan fingerprint density at radius 2 is 1.81 bits per heavy atom. The Balaban J connectivity index is 2.36. The number of benzene rings is 1. The average molecular weight is 390 g/mol. The van der Waals surface area contributed by atoms with Gasteiger partial charge in [0.15, 0.2) is 0 Å². The number of fused-ring (bicyclic) bond motifs is 1. The summed E-state index contributed by atoms with van der Waals surface area (Å²) in [5.41, 5.74) is -2.18. The molecule has 27 heavy (non-hydrogen) atoms. The van der Waals surface area contributed by atoms with Crippen molar-refractivity contribution in [3.05, 3.63) is 40.2 Å². The van der Waals surface area contributed by atoms with E-state index in [1.54, 1.807) is 0 Å². The molecular weight excluding hydrogens is 373 g/mol. The molecule has 0 aliphatic heterocycles. The number of aromatic nitrogens is 1. The molecule has 0 saturated heterocycles. The standard InChI is InChI=1S/C16H17F3N2O6/c17-16(18,19)9-4-13(25)21-10-3-7(1-2-8(9)10)20-11(5-22)14(26)15(27)12(24)6-23/h1-5,11-12,14-15,20,23-24,26-27H,6H2,(H,21,25)/t11-,12+,14+,15+/m1/s1. The SMILES string of the molecule is O=C[C@@H](Nc1ccc2c(C(F)(F)F)cc(=O)[nH]c2c1)[C@H](O)[C@@H](O)[C@@H](O)CO. The number of nitrogens with one attached hydrogen (secondary N) is 2. The van der Waals surface area contributed by atoms with E-state index in [0.29, 0.717) is 6.07 Å². The summed E-state index contributed by atoms with van der Waals surface area (Å²) >= 11 is 0. The van der Waals surface area contributed by atoms with Gasteiger partial charge in [-0.15, -0.1) is 0 Å². The summed E-state index contributed by atoms with van der Waals surface area (Å²) in [6.45, 7) is -0.860. The van der Waals surface area contributed by atoms with Crippen LogP contribution in [-0.4, -0.2) is 62.7 Å². The van der Waals surface area contributed by atoms with E-state index in [0.717, 1.165) is 12.1 Å². The third kappa shape index (κ3) is 4.63. The number of hydrogen-bond donors (Lipinski definition) is 6. The van der Waals surface area contributed by atoms with Crippen LogP contribution in [0.15, 0.2) is 29.1 Å². The Morgan fingerprint density at radius 1 is 1.15 bits per heavy atom. The van der Waals surface area contributed by atoms with Crippen LogP contribution in [0, 0.1) is 0 Å². The summed E-state index contributed by atoms with van der Waals surface area (Å²) in [7, 11) is 0. The fraction of sp³-hybridized carbons (Fsp3) is 0.375. The van der Waals surface area contributed by atoms with Crippen LogP contribution < -0.4 is 10.9 Å². The predicted octanol–water partition coefficient (Wildman–Crippen LogP) is -0.399. The molecule has 6 N–H and O–H groups in total. The lowest BCUT2D eigenvalue weighted by Gasteiger charge is -2.27. The zero-order chi connectivity index (χ0) is 20.4. The number of aliphatic hydroxyl groups excluding tert-OH is 4. The zero-order valence-corrected chi connectivity index (χ0v) is 13.6. The number of halogens is 3. The van der Waals surface area contributed by atoms with Gasteiger partial charge in [-0.1, -0.05) is 6.07 Å². The lowest BCUT2D eigenvalue weighted by atomic mass is 10.0. The van der Waals surface area contributed by atoms with Gasteiger partial charge >= 0.3 is 6.18 Å². The maximum Gasteiger partial charge on any atom is 0.417 e. The van der Waals surface area contributed by atoms with Crippen molar-refractivity contribution in [2.24, 2.45) is 0 Å². The van der Waals surface area contributed by atoms with Crippen molar-refractivity contribution in [3.63, 3.8) is 0 Å². The largest absolute Gasteiger partial charge is 0.417 e. The number of aromatic amines is 1. The van der Waals surface area contributed by atoms with Gasteiger partial charge < -0.3 is 35.5 Å². The number of anilines is 1. The van der Waals surface area contributed by atoms with Gasteiger partial charge in [-0.3, -0.25) is 4.79 Å². The van der Waals surface area contributed by atoms with Gasteiger partial charge in [0.2, 0.25) is 5.56 Å². The number of aliphatic hydroxyl groups is 4. The van der Waals surface area contributed by atoms with Gasteiger partial charge in [-0.05, 0) is 12.1 Å². The quantitative estimate of drug-likeness (QED) is 0.353. The molecule has 0 radical (unpaired) electrons. The number of pyridine rings is 1. The van der Waals surface area contributed by atoms with Crippen LogP contribution in [0.1, 0.15) is 5.56 Å². The van der Waals surface area contributed by atoms with E-state index >= 15 is 0 Å². The Kier molecular flexibility index (Phi) is 6.21. The van der Waals surface area contributed by atoms with Crippen molar-refractivity contribution in [1.29, 1.82) is 0 Å². The van der Waals surface area contributed by atoms with Crippen molar-refractivity contribution < 1.29 is 38.4 Å². The normalized spacial score (nSPS) is 16.6. The first-order valence-electron chi connectivity index (χ1n) is 7.69. The van der Waals surface area contributed by atoms with Crippen LogP contribution in [-0.2, 0) is 11.0 Å². The molecule has 2 aromatic rings. The molecule has 0 spiro atoms. The van der Waals surface area contributed by atoms with Crippen LogP contribution in [0.25, 0.3) is 10.9 Å². The van der Waals surface area contributed by atoms with E-state index in [2.05, 4.69) is 10.3 Å². The topological polar surface area (TPSA) is 143 Å². The van der Waals surface area contributed by atoms with Crippen molar-refractivity contribution in [3.8, 4) is 0 Å². The predicted molar refractivity (Wildman–Crippen MR) is 88.2 cm³/mol. The first-order chi connectivity index (χ1) is 12.6. The second-order valence-electron chi connectivity index (χ2n) is 5.84. The minimum atomic E-state index is -4.74. The summed E-state index contributed by atoms with van der Waals surface area (Å²) in [5.74, 6) is 0. The first kappa shape index (κ1) is 20.8. The molecule has 0 unspecified atom stereocenters. The van der Waals surface area contributed by atoms with E-state index in [1.165, 1.54) is 6.07 Å². The third-order valence-electron chi connectivity index (χ3n) is 3.93. The molecule has 2 rings (SSSR count). The molecule has 1 aromatic carbocycles. The van der Waals surface area contributed by atoms with Crippen LogP contribution in [0.3, 0.4) is 0 Å². The van der Waals surface area contributed by atoms with Gasteiger partial charge in [-0.25, -0.2) is 0 Å². The number of carbonyl (C=O) groups excluding carboxylic acids is 1. The highest BCUT2D eigenvalue weighted by molar-refractivity contribution is 5.86. The van der Waals surface area contributed by atoms with Crippen molar-refractivity contribution in [2.75, 3.05) is 11.9 Å². The fourth-order valence-electron chi connectivity index (χ4n) is 2.52. The molecule has 1 aromatic heterocycles. The van der Waals surface area contributed by atoms with E-state index < -0.39 is 48.3 Å². The molecule has 148 valence electrons. The van der Waals surface area contributed by atoms with E-state index in [1.807, 2.05) is 0 Å². The van der Waals surface area contributed by atoms with Gasteiger partial charge in [-0.2, -0.15) is 13.2 Å². The highest BCUT2D eigenvalue weighted by Gasteiger charge is 2.34. The van der Waals surface area contributed by atoms with Crippen LogP contribution in [0.5, 0.6) is 0 Å². The summed E-state index contributed by atoms with van der Waals surface area (Å²) in [5, 5.41) is 39.9. The molecule has 0 amide bonds. The molecule has 4 atom stereocenters. The summed E-state index contributed by atoms with van der Waals surface area (Å²) in [6.07, 6.45) is -9.90. The smallest absolute Gasteiger partial charge is 0.394 e. The number of alkyl halides is 3.